The van der Waals surface area contributed by atoms with Crippen molar-refractivity contribution in [2.75, 3.05) is 5.75 Å². The molecule has 0 bridgehead atoms. The van der Waals surface area contributed by atoms with Gasteiger partial charge in [0.1, 0.15) is 17.1 Å². The number of aromatic nitrogens is 1. The smallest absolute Gasteiger partial charge is 0.352 e. The van der Waals surface area contributed by atoms with E-state index in [4.69, 9.17) is 0 Å². The lowest BCUT2D eigenvalue weighted by Gasteiger charge is -2.48. The molecule has 1 aromatic heterocycles. The molecule has 1 fully saturated rings. The van der Waals surface area contributed by atoms with Crippen LogP contribution in [0, 0.1) is 0 Å². The van der Waals surface area contributed by atoms with Crippen molar-refractivity contribution in [2.24, 2.45) is 0 Å². The number of allylic oxidation sites excluding steroid dienone is 1. The van der Waals surface area contributed by atoms with E-state index in [0.29, 0.717) is 17.7 Å². The summed E-state index contributed by atoms with van der Waals surface area (Å²) in [7, 11) is 0. The first kappa shape index (κ1) is 15.3. The first-order valence-electron chi connectivity index (χ1n) is 6.82. The van der Waals surface area contributed by atoms with Crippen LogP contribution in [0.2, 0.25) is 0 Å². The van der Waals surface area contributed by atoms with Crippen LogP contribution in [-0.4, -0.2) is 50.4 Å². The van der Waals surface area contributed by atoms with Crippen LogP contribution in [0.3, 0.4) is 0 Å². The van der Waals surface area contributed by atoms with Crippen molar-refractivity contribution < 1.29 is 19.5 Å². The van der Waals surface area contributed by atoms with E-state index in [1.165, 1.54) is 16.7 Å². The molecule has 3 heterocycles. The molecule has 1 aromatic rings. The van der Waals surface area contributed by atoms with Crippen molar-refractivity contribution in [3.8, 4) is 0 Å². The van der Waals surface area contributed by atoms with E-state index >= 15 is 0 Å². The van der Waals surface area contributed by atoms with Gasteiger partial charge >= 0.3 is 5.97 Å². The van der Waals surface area contributed by atoms with Gasteiger partial charge in [0.05, 0.1) is 0 Å². The number of carboxylic acid groups (broad SMARTS) is 1. The van der Waals surface area contributed by atoms with Crippen LogP contribution in [0.25, 0.3) is 6.08 Å². The van der Waals surface area contributed by atoms with E-state index in [9.17, 15) is 19.5 Å². The zero-order chi connectivity index (χ0) is 16.4. The third-order valence-electron chi connectivity index (χ3n) is 3.61. The maximum atomic E-state index is 12.1. The Kier molecular flexibility index (Phi) is 4.16. The summed E-state index contributed by atoms with van der Waals surface area (Å²) in [5, 5.41) is 11.5. The predicted octanol–water partition coefficient (Wildman–Crippen LogP) is 0.463. The number of fused-ring (bicyclic) bond motifs is 1. The van der Waals surface area contributed by atoms with Crippen molar-refractivity contribution in [2.45, 2.75) is 11.4 Å². The number of carboxylic acids is 1. The number of hydrogen-bond donors (Lipinski definition) is 2. The zero-order valence-corrected chi connectivity index (χ0v) is 12.7. The quantitative estimate of drug-likeness (QED) is 0.601. The number of thioether (sulfide) groups is 1. The summed E-state index contributed by atoms with van der Waals surface area (Å²) in [6, 6.07) is 2.98. The first-order valence-corrected chi connectivity index (χ1v) is 7.87. The molecule has 0 spiro atoms. The average Bonchev–Trinajstić information content (AvgIpc) is 2.57. The van der Waals surface area contributed by atoms with Crippen molar-refractivity contribution in [3.63, 3.8) is 0 Å². The van der Waals surface area contributed by atoms with Gasteiger partial charge in [-0.1, -0.05) is 18.2 Å². The number of carbonyl (C=O) groups is 3. The Morgan fingerprint density at radius 1 is 1.48 bits per heavy atom. The molecule has 2 aliphatic rings. The molecule has 23 heavy (non-hydrogen) atoms. The average molecular weight is 331 g/mol. The van der Waals surface area contributed by atoms with Crippen molar-refractivity contribution >= 4 is 36.1 Å². The Bertz CT molecular complexity index is 717. The third-order valence-corrected chi connectivity index (χ3v) is 4.91. The third kappa shape index (κ3) is 2.72. The molecule has 7 nitrogen and oxygen atoms in total. The molecule has 2 aliphatic heterocycles. The number of carbonyl (C=O) groups excluding carboxylic acids is 2. The van der Waals surface area contributed by atoms with Gasteiger partial charge in [0.25, 0.3) is 5.91 Å². The highest BCUT2D eigenvalue weighted by atomic mass is 32.2. The Morgan fingerprint density at radius 2 is 2.30 bits per heavy atom. The number of pyridine rings is 1. The van der Waals surface area contributed by atoms with Gasteiger partial charge in [-0.05, 0) is 17.2 Å². The number of hydrogen-bond acceptors (Lipinski definition) is 5. The lowest BCUT2D eigenvalue weighted by atomic mass is 10.0. The SMILES string of the molecule is O=CNC1C(=O)N2C(C(=O)O)=C(C=Cc3cccnc3)CS[C@H]12. The van der Waals surface area contributed by atoms with E-state index in [1.54, 1.807) is 30.6 Å². The van der Waals surface area contributed by atoms with Gasteiger partial charge in [0, 0.05) is 18.1 Å². The molecule has 0 aromatic carbocycles. The van der Waals surface area contributed by atoms with E-state index in [2.05, 4.69) is 10.3 Å². The summed E-state index contributed by atoms with van der Waals surface area (Å²) in [6.07, 6.45) is 7.23. The molecular formula is C15H13N3O4S. The largest absolute Gasteiger partial charge is 0.477 e. The fourth-order valence-corrected chi connectivity index (χ4v) is 3.87. The van der Waals surface area contributed by atoms with Crippen LogP contribution in [0.4, 0.5) is 0 Å². The molecule has 0 saturated carbocycles. The highest BCUT2D eigenvalue weighted by Crippen LogP contribution is 2.40. The Morgan fingerprint density at radius 3 is 2.96 bits per heavy atom. The van der Waals surface area contributed by atoms with Gasteiger partial charge in [-0.25, -0.2) is 4.79 Å². The molecule has 118 valence electrons. The summed E-state index contributed by atoms with van der Waals surface area (Å²) in [5.74, 6) is -1.11. The normalized spacial score (nSPS) is 23.5. The van der Waals surface area contributed by atoms with E-state index in [1.807, 2.05) is 6.07 Å². The Labute approximate surface area is 136 Å². The molecule has 0 aliphatic carbocycles. The molecular weight excluding hydrogens is 318 g/mol. The van der Waals surface area contributed by atoms with Gasteiger partial charge in [-0.15, -0.1) is 11.8 Å². The second kappa shape index (κ2) is 6.25. The zero-order valence-electron chi connectivity index (χ0n) is 11.9. The summed E-state index contributed by atoms with van der Waals surface area (Å²) in [5.41, 5.74) is 1.37. The number of aliphatic carboxylic acids is 1. The van der Waals surface area contributed by atoms with E-state index < -0.39 is 17.9 Å². The van der Waals surface area contributed by atoms with Crippen LogP contribution in [0.1, 0.15) is 5.56 Å². The monoisotopic (exact) mass is 331 g/mol. The molecule has 1 unspecified atom stereocenters. The van der Waals surface area contributed by atoms with Gasteiger partial charge < -0.3 is 10.4 Å². The maximum absolute atomic E-state index is 12.1. The lowest BCUT2D eigenvalue weighted by molar-refractivity contribution is -0.149. The van der Waals surface area contributed by atoms with Crippen molar-refractivity contribution in [1.82, 2.24) is 15.2 Å². The second-order valence-electron chi connectivity index (χ2n) is 4.97. The summed E-state index contributed by atoms with van der Waals surface area (Å²) in [4.78, 5) is 39.4. The Hall–Kier alpha value is -2.61. The van der Waals surface area contributed by atoms with E-state index in [-0.39, 0.29) is 11.1 Å². The van der Waals surface area contributed by atoms with E-state index in [0.717, 1.165) is 5.56 Å². The molecule has 1 saturated heterocycles. The molecule has 8 heteroatoms. The maximum Gasteiger partial charge on any atom is 0.352 e. The molecule has 0 radical (unpaired) electrons. The van der Waals surface area contributed by atoms with Crippen LogP contribution in [-0.2, 0) is 14.4 Å². The highest BCUT2D eigenvalue weighted by Gasteiger charge is 2.53. The van der Waals surface area contributed by atoms with Crippen molar-refractivity contribution in [3.05, 3.63) is 47.4 Å². The van der Waals surface area contributed by atoms with Gasteiger partial charge in [0.2, 0.25) is 6.41 Å². The first-order chi connectivity index (χ1) is 11.1. The fraction of sp³-hybridized carbons (Fsp3) is 0.200. The minimum Gasteiger partial charge on any atom is -0.477 e. The highest BCUT2D eigenvalue weighted by molar-refractivity contribution is 8.00. The molecule has 2 amide bonds. The minimum atomic E-state index is -1.15. The fourth-order valence-electron chi connectivity index (χ4n) is 2.54. The van der Waals surface area contributed by atoms with Gasteiger partial charge in [-0.2, -0.15) is 0 Å². The standard InChI is InChI=1S/C15H13N3O4S/c19-8-17-11-13(20)18-12(15(21)22)10(7-23-14(11)18)4-3-9-2-1-5-16-6-9/h1-6,8,11,14H,7H2,(H,17,19)(H,21,22)/t11?,14-/m1/s1. The number of β-lactam (4-membered cyclic amide) rings is 1. The Balaban J connectivity index is 1.89. The number of nitrogens with one attached hydrogen (secondary N) is 1. The minimum absolute atomic E-state index is 0.0251. The number of nitrogens with zero attached hydrogens (tertiary/aromatic N) is 2. The van der Waals surface area contributed by atoms with Crippen molar-refractivity contribution in [1.29, 1.82) is 0 Å². The number of rotatable bonds is 5. The summed E-state index contributed by atoms with van der Waals surface area (Å²) in [6.45, 7) is 0. The molecule has 3 rings (SSSR count). The van der Waals surface area contributed by atoms with Crippen LogP contribution in [0.5, 0.6) is 0 Å². The predicted molar refractivity (Wildman–Crippen MR) is 84.0 cm³/mol. The summed E-state index contributed by atoms with van der Waals surface area (Å²) < 4.78 is 0. The van der Waals surface area contributed by atoms with Crippen LogP contribution < -0.4 is 5.32 Å². The topological polar surface area (TPSA) is 99.6 Å². The van der Waals surface area contributed by atoms with Gasteiger partial charge in [-0.3, -0.25) is 19.5 Å². The van der Waals surface area contributed by atoms with Crippen LogP contribution in [0.15, 0.2) is 41.9 Å². The lowest BCUT2D eigenvalue weighted by Crippen LogP contribution is -2.69. The number of amides is 2. The van der Waals surface area contributed by atoms with Crippen LogP contribution >= 0.6 is 11.8 Å². The molecule has 2 N–H and O–H groups in total. The van der Waals surface area contributed by atoms with Gasteiger partial charge in [0.15, 0.2) is 0 Å². The molecule has 2 atom stereocenters. The summed E-state index contributed by atoms with van der Waals surface area (Å²) >= 11 is 1.42. The second-order valence-corrected chi connectivity index (χ2v) is 6.08.